The fraction of sp³-hybridized carbons (Fsp3) is 0.333. The predicted molar refractivity (Wildman–Crippen MR) is 138 cm³/mol. The Bertz CT molecular complexity index is 1390. The van der Waals surface area contributed by atoms with Gasteiger partial charge in [0, 0.05) is 48.1 Å². The third kappa shape index (κ3) is 4.35. The number of thiophene rings is 1. The molecule has 1 spiro atoms. The summed E-state index contributed by atoms with van der Waals surface area (Å²) in [5.74, 6) is 0.184. The van der Waals surface area contributed by atoms with E-state index in [-0.39, 0.29) is 29.9 Å². The quantitative estimate of drug-likeness (QED) is 0.492. The van der Waals surface area contributed by atoms with E-state index in [1.54, 1.807) is 23.1 Å². The van der Waals surface area contributed by atoms with Crippen LogP contribution in [0.2, 0.25) is 0 Å². The maximum atomic E-state index is 13.7. The van der Waals surface area contributed by atoms with Crippen LogP contribution < -0.4 is 15.4 Å². The highest BCUT2D eigenvalue weighted by atomic mass is 32.1. The molecule has 36 heavy (non-hydrogen) atoms. The van der Waals surface area contributed by atoms with Crippen molar-refractivity contribution in [2.75, 3.05) is 25.0 Å². The fourth-order valence-corrected chi connectivity index (χ4v) is 6.01. The number of Topliss-reactive ketones (excluding diaryl/α,β-unsaturated/α-hetero) is 2. The monoisotopic (exact) mass is 505 g/mol. The van der Waals surface area contributed by atoms with Crippen LogP contribution >= 0.6 is 11.3 Å². The summed E-state index contributed by atoms with van der Waals surface area (Å²) >= 11 is 1.37. The molecular weight excluding hydrogens is 478 g/mol. The van der Waals surface area contributed by atoms with Crippen molar-refractivity contribution in [2.45, 2.75) is 38.7 Å². The molecule has 0 radical (unpaired) electrons. The lowest BCUT2D eigenvalue weighted by molar-refractivity contribution is -0.00569. The minimum atomic E-state index is -0.699. The number of carbonyl (C=O) groups excluding carboxylic acids is 4. The van der Waals surface area contributed by atoms with Crippen molar-refractivity contribution in [2.24, 2.45) is 0 Å². The molecule has 8 nitrogen and oxygen atoms in total. The van der Waals surface area contributed by atoms with Gasteiger partial charge in [-0.3, -0.25) is 19.7 Å². The third-order valence-corrected chi connectivity index (χ3v) is 7.92. The minimum absolute atomic E-state index is 0.0108. The summed E-state index contributed by atoms with van der Waals surface area (Å²) in [5.41, 5.74) is 0.780. The molecule has 2 N–H and O–H groups in total. The Kier molecular flexibility index (Phi) is 6.26. The number of hydrogen-bond acceptors (Lipinski definition) is 6. The van der Waals surface area contributed by atoms with Gasteiger partial charge < -0.3 is 15.0 Å². The molecule has 2 aromatic carbocycles. The van der Waals surface area contributed by atoms with E-state index in [9.17, 15) is 19.2 Å². The first-order valence-electron chi connectivity index (χ1n) is 12.0. The molecule has 0 aliphatic carbocycles. The molecule has 5 rings (SSSR count). The number of hydrogen-bond donors (Lipinski definition) is 2. The number of urea groups is 1. The second-order valence-corrected chi connectivity index (χ2v) is 10.3. The first kappa shape index (κ1) is 24.0. The molecule has 3 heterocycles. The predicted octanol–water partition coefficient (Wildman–Crippen LogP) is 4.89. The number of fused-ring (bicyclic) bond motifs is 2. The molecule has 0 saturated carbocycles. The molecule has 1 fully saturated rings. The highest BCUT2D eigenvalue weighted by Crippen LogP contribution is 2.41. The molecule has 9 heteroatoms. The Morgan fingerprint density at radius 3 is 2.58 bits per heavy atom. The Hall–Kier alpha value is -3.72. The lowest BCUT2D eigenvalue weighted by atomic mass is 9.82. The maximum Gasteiger partial charge on any atom is 0.319 e. The Labute approximate surface area is 212 Å². The summed E-state index contributed by atoms with van der Waals surface area (Å²) in [4.78, 5) is 52.4. The van der Waals surface area contributed by atoms with Crippen LogP contribution in [0, 0.1) is 0 Å². The fourth-order valence-electron chi connectivity index (χ4n) is 4.92. The van der Waals surface area contributed by atoms with Crippen LogP contribution in [-0.4, -0.2) is 53.6 Å². The number of amides is 3. The van der Waals surface area contributed by atoms with Crippen molar-refractivity contribution >= 4 is 49.9 Å². The molecule has 186 valence electrons. The Morgan fingerprint density at radius 2 is 1.86 bits per heavy atom. The highest BCUT2D eigenvalue weighted by Gasteiger charge is 2.44. The summed E-state index contributed by atoms with van der Waals surface area (Å²) in [6.45, 7) is 4.62. The van der Waals surface area contributed by atoms with E-state index in [1.165, 1.54) is 18.3 Å². The number of benzene rings is 2. The third-order valence-electron chi connectivity index (χ3n) is 6.83. The van der Waals surface area contributed by atoms with E-state index >= 15 is 0 Å². The van der Waals surface area contributed by atoms with Crippen molar-refractivity contribution in [1.29, 1.82) is 0 Å². The molecule has 2 aliphatic rings. The number of nitrogens with zero attached hydrogens (tertiary/aromatic N) is 1. The van der Waals surface area contributed by atoms with Crippen LogP contribution in [-0.2, 0) is 0 Å². The zero-order valence-corrected chi connectivity index (χ0v) is 21.0. The normalized spacial score (nSPS) is 16.4. The van der Waals surface area contributed by atoms with Gasteiger partial charge in [0.25, 0.3) is 5.91 Å². The van der Waals surface area contributed by atoms with Gasteiger partial charge in [0.1, 0.15) is 16.4 Å². The maximum absolute atomic E-state index is 13.7. The van der Waals surface area contributed by atoms with Crippen molar-refractivity contribution in [3.63, 3.8) is 0 Å². The largest absolute Gasteiger partial charge is 0.486 e. The number of ketones is 2. The molecule has 3 amide bonds. The molecular formula is C27H27N3O5S. The number of anilines is 1. The number of piperidine rings is 1. The highest BCUT2D eigenvalue weighted by molar-refractivity contribution is 7.23. The zero-order valence-electron chi connectivity index (χ0n) is 20.2. The van der Waals surface area contributed by atoms with Gasteiger partial charge >= 0.3 is 6.03 Å². The van der Waals surface area contributed by atoms with Crippen LogP contribution in [0.15, 0.2) is 42.5 Å². The topological polar surface area (TPSA) is 105 Å². The van der Waals surface area contributed by atoms with Crippen molar-refractivity contribution in [3.05, 3.63) is 59.2 Å². The van der Waals surface area contributed by atoms with Crippen molar-refractivity contribution < 1.29 is 23.9 Å². The SMILES string of the molecule is CCNC(=O)Nc1sc2ccccc2c1C(=O)N1CCC2(CC1)CC(=O)c1ccc(C(C)=O)cc1O2. The number of carbonyl (C=O) groups is 4. The van der Waals surface area contributed by atoms with Gasteiger partial charge in [0.15, 0.2) is 11.6 Å². The van der Waals surface area contributed by atoms with Gasteiger partial charge in [-0.25, -0.2) is 4.79 Å². The molecule has 1 aromatic heterocycles. The van der Waals surface area contributed by atoms with E-state index in [4.69, 9.17) is 4.74 Å². The Morgan fingerprint density at radius 1 is 1.11 bits per heavy atom. The van der Waals surface area contributed by atoms with Gasteiger partial charge in [-0.05, 0) is 32.0 Å². The van der Waals surface area contributed by atoms with Crippen LogP contribution in [0.4, 0.5) is 9.80 Å². The van der Waals surface area contributed by atoms with Gasteiger partial charge in [-0.15, -0.1) is 11.3 Å². The second kappa shape index (κ2) is 9.39. The van der Waals surface area contributed by atoms with E-state index in [0.717, 1.165) is 10.1 Å². The molecule has 0 atom stereocenters. The van der Waals surface area contributed by atoms with Crippen LogP contribution in [0.1, 0.15) is 64.2 Å². The van der Waals surface area contributed by atoms with Crippen LogP contribution in [0.3, 0.4) is 0 Å². The second-order valence-electron chi connectivity index (χ2n) is 9.23. The first-order chi connectivity index (χ1) is 17.3. The van der Waals surface area contributed by atoms with Crippen LogP contribution in [0.5, 0.6) is 5.75 Å². The van der Waals surface area contributed by atoms with Crippen LogP contribution in [0.25, 0.3) is 10.1 Å². The molecule has 0 unspecified atom stereocenters. The number of nitrogens with one attached hydrogen (secondary N) is 2. The number of rotatable bonds is 4. The smallest absolute Gasteiger partial charge is 0.319 e. The van der Waals surface area contributed by atoms with E-state index in [2.05, 4.69) is 10.6 Å². The molecule has 0 bridgehead atoms. The number of likely N-dealkylation sites (tertiary alicyclic amines) is 1. The lowest BCUT2D eigenvalue weighted by Crippen LogP contribution is -2.52. The van der Waals surface area contributed by atoms with E-state index in [0.29, 0.717) is 59.9 Å². The molecule has 3 aromatic rings. The Balaban J connectivity index is 1.37. The molecule has 2 aliphatic heterocycles. The van der Waals surface area contributed by atoms with E-state index in [1.807, 2.05) is 31.2 Å². The zero-order chi connectivity index (χ0) is 25.4. The van der Waals surface area contributed by atoms with Gasteiger partial charge in [-0.2, -0.15) is 0 Å². The summed E-state index contributed by atoms with van der Waals surface area (Å²) in [6.07, 6.45) is 1.23. The summed E-state index contributed by atoms with van der Waals surface area (Å²) in [6, 6.07) is 12.2. The van der Waals surface area contributed by atoms with Crippen molar-refractivity contribution in [3.8, 4) is 5.75 Å². The summed E-state index contributed by atoms with van der Waals surface area (Å²) < 4.78 is 7.26. The van der Waals surface area contributed by atoms with Gasteiger partial charge in [-0.1, -0.05) is 24.3 Å². The average molecular weight is 506 g/mol. The van der Waals surface area contributed by atoms with Crippen molar-refractivity contribution in [1.82, 2.24) is 10.2 Å². The lowest BCUT2D eigenvalue weighted by Gasteiger charge is -2.44. The minimum Gasteiger partial charge on any atom is -0.486 e. The van der Waals surface area contributed by atoms with Gasteiger partial charge in [0.2, 0.25) is 0 Å². The number of ether oxygens (including phenoxy) is 1. The molecule has 1 saturated heterocycles. The van der Waals surface area contributed by atoms with Gasteiger partial charge in [0.05, 0.1) is 17.5 Å². The van der Waals surface area contributed by atoms with E-state index < -0.39 is 5.60 Å². The standard InChI is InChI=1S/C27H27N3O5S/c1-3-28-26(34)29-24-23(19-6-4-5-7-22(19)36-24)25(33)30-12-10-27(11-13-30)15-20(32)18-9-8-17(16(2)31)14-21(18)35-27/h4-9,14H,3,10-13,15H2,1-2H3,(H2,28,29,34). The average Bonchev–Trinajstić information content (AvgIpc) is 3.21. The first-order valence-corrected chi connectivity index (χ1v) is 12.8. The summed E-state index contributed by atoms with van der Waals surface area (Å²) in [5, 5.41) is 6.86. The summed E-state index contributed by atoms with van der Waals surface area (Å²) in [7, 11) is 0.